The smallest absolute Gasteiger partial charge is 0.287 e. The maximum atomic E-state index is 11.9. The van der Waals surface area contributed by atoms with Gasteiger partial charge < -0.3 is 14.5 Å². The number of ether oxygens (including phenoxy) is 1. The SMILES string of the molecule is Cc1oc(C(=O)NCC2CCOCC2)cc1S(N)(=O)=O. The number of nitrogens with two attached hydrogens (primary N) is 1. The summed E-state index contributed by atoms with van der Waals surface area (Å²) < 4.78 is 32.9. The predicted molar refractivity (Wildman–Crippen MR) is 70.7 cm³/mol. The first-order chi connectivity index (χ1) is 9.38. The number of nitrogens with one attached hydrogen (secondary N) is 1. The molecule has 7 nitrogen and oxygen atoms in total. The molecule has 0 unspecified atom stereocenters. The Labute approximate surface area is 117 Å². The monoisotopic (exact) mass is 302 g/mol. The lowest BCUT2D eigenvalue weighted by molar-refractivity contribution is 0.0638. The number of primary sulfonamides is 1. The second-order valence-electron chi connectivity index (χ2n) is 4.84. The molecule has 1 aromatic heterocycles. The molecule has 0 aliphatic carbocycles. The molecular formula is C12H18N2O5S. The molecule has 1 saturated heterocycles. The molecule has 0 saturated carbocycles. The van der Waals surface area contributed by atoms with E-state index in [1.807, 2.05) is 0 Å². The maximum absolute atomic E-state index is 11.9. The molecule has 1 aliphatic heterocycles. The molecular weight excluding hydrogens is 284 g/mol. The minimum Gasteiger partial charge on any atom is -0.455 e. The molecule has 1 fully saturated rings. The lowest BCUT2D eigenvalue weighted by Gasteiger charge is -2.21. The molecule has 112 valence electrons. The molecule has 0 spiro atoms. The van der Waals surface area contributed by atoms with Gasteiger partial charge in [0.15, 0.2) is 5.76 Å². The Kier molecular flexibility index (Phi) is 4.46. The van der Waals surface area contributed by atoms with E-state index in [0.29, 0.717) is 25.7 Å². The van der Waals surface area contributed by atoms with Crippen molar-refractivity contribution in [2.45, 2.75) is 24.7 Å². The van der Waals surface area contributed by atoms with E-state index >= 15 is 0 Å². The number of amides is 1. The Morgan fingerprint density at radius 3 is 2.65 bits per heavy atom. The molecule has 1 amide bonds. The van der Waals surface area contributed by atoms with E-state index in [0.717, 1.165) is 18.9 Å². The predicted octanol–water partition coefficient (Wildman–Crippen LogP) is 0.392. The summed E-state index contributed by atoms with van der Waals surface area (Å²) in [5.74, 6) is 0.0123. The molecule has 2 rings (SSSR count). The third kappa shape index (κ3) is 3.59. The molecule has 20 heavy (non-hydrogen) atoms. The number of sulfonamides is 1. The van der Waals surface area contributed by atoms with Gasteiger partial charge in [-0.1, -0.05) is 0 Å². The van der Waals surface area contributed by atoms with Crippen LogP contribution in [-0.2, 0) is 14.8 Å². The van der Waals surface area contributed by atoms with Gasteiger partial charge in [-0.3, -0.25) is 4.79 Å². The highest BCUT2D eigenvalue weighted by atomic mass is 32.2. The largest absolute Gasteiger partial charge is 0.455 e. The zero-order valence-electron chi connectivity index (χ0n) is 11.2. The van der Waals surface area contributed by atoms with Gasteiger partial charge in [0, 0.05) is 25.8 Å². The van der Waals surface area contributed by atoms with Crippen molar-refractivity contribution >= 4 is 15.9 Å². The molecule has 0 aromatic carbocycles. The van der Waals surface area contributed by atoms with Gasteiger partial charge in [-0.05, 0) is 25.7 Å². The first kappa shape index (κ1) is 15.0. The number of furan rings is 1. The van der Waals surface area contributed by atoms with E-state index in [1.54, 1.807) is 0 Å². The molecule has 1 aliphatic rings. The van der Waals surface area contributed by atoms with Crippen molar-refractivity contribution in [2.75, 3.05) is 19.8 Å². The van der Waals surface area contributed by atoms with Gasteiger partial charge in [0.2, 0.25) is 10.0 Å². The number of rotatable bonds is 4. The van der Waals surface area contributed by atoms with Gasteiger partial charge in [0.05, 0.1) is 0 Å². The molecule has 8 heteroatoms. The minimum absolute atomic E-state index is 0.0430. The fourth-order valence-electron chi connectivity index (χ4n) is 2.13. The first-order valence-corrected chi connectivity index (χ1v) is 7.91. The van der Waals surface area contributed by atoms with Crippen molar-refractivity contribution < 1.29 is 22.4 Å². The summed E-state index contributed by atoms with van der Waals surface area (Å²) in [5.41, 5.74) is 0. The molecule has 0 atom stereocenters. The van der Waals surface area contributed by atoms with Crippen molar-refractivity contribution in [1.82, 2.24) is 5.32 Å². The Morgan fingerprint density at radius 2 is 2.10 bits per heavy atom. The molecule has 2 heterocycles. The number of carbonyl (C=O) groups is 1. The highest BCUT2D eigenvalue weighted by Gasteiger charge is 2.22. The fourth-order valence-corrected chi connectivity index (χ4v) is 2.85. The maximum Gasteiger partial charge on any atom is 0.287 e. The number of hydrogen-bond donors (Lipinski definition) is 2. The second kappa shape index (κ2) is 5.94. The molecule has 1 aromatic rings. The Morgan fingerprint density at radius 1 is 1.45 bits per heavy atom. The van der Waals surface area contributed by atoms with Crippen LogP contribution in [0.15, 0.2) is 15.4 Å². The summed E-state index contributed by atoms with van der Waals surface area (Å²) in [5, 5.41) is 7.77. The van der Waals surface area contributed by atoms with Crippen LogP contribution in [0.3, 0.4) is 0 Å². The van der Waals surface area contributed by atoms with Crippen molar-refractivity contribution in [3.05, 3.63) is 17.6 Å². The van der Waals surface area contributed by atoms with Crippen molar-refractivity contribution in [3.8, 4) is 0 Å². The number of aryl methyl sites for hydroxylation is 1. The van der Waals surface area contributed by atoms with Gasteiger partial charge in [-0.15, -0.1) is 0 Å². The van der Waals surface area contributed by atoms with Crippen molar-refractivity contribution in [1.29, 1.82) is 0 Å². The van der Waals surface area contributed by atoms with Crippen LogP contribution in [0, 0.1) is 12.8 Å². The summed E-state index contributed by atoms with van der Waals surface area (Å²) in [4.78, 5) is 11.7. The topological polar surface area (TPSA) is 112 Å². The van der Waals surface area contributed by atoms with E-state index in [2.05, 4.69) is 5.32 Å². The number of hydrogen-bond acceptors (Lipinski definition) is 5. The quantitative estimate of drug-likeness (QED) is 0.835. The van der Waals surface area contributed by atoms with Gasteiger partial charge >= 0.3 is 0 Å². The van der Waals surface area contributed by atoms with Gasteiger partial charge in [0.1, 0.15) is 10.7 Å². The Balaban J connectivity index is 1.99. The van der Waals surface area contributed by atoms with Crippen LogP contribution in [0.5, 0.6) is 0 Å². The molecule has 3 N–H and O–H groups in total. The Hall–Kier alpha value is -1.38. The lowest BCUT2D eigenvalue weighted by Crippen LogP contribution is -2.31. The zero-order chi connectivity index (χ0) is 14.8. The fraction of sp³-hybridized carbons (Fsp3) is 0.583. The average molecular weight is 302 g/mol. The van der Waals surface area contributed by atoms with E-state index in [4.69, 9.17) is 14.3 Å². The van der Waals surface area contributed by atoms with Crippen LogP contribution in [0.4, 0.5) is 0 Å². The minimum atomic E-state index is -3.87. The van der Waals surface area contributed by atoms with Crippen LogP contribution in [0.2, 0.25) is 0 Å². The van der Waals surface area contributed by atoms with E-state index < -0.39 is 15.9 Å². The van der Waals surface area contributed by atoms with E-state index in [1.165, 1.54) is 6.92 Å². The summed E-state index contributed by atoms with van der Waals surface area (Å²) >= 11 is 0. The van der Waals surface area contributed by atoms with Crippen LogP contribution in [0.1, 0.15) is 29.2 Å². The van der Waals surface area contributed by atoms with Crippen LogP contribution in [0.25, 0.3) is 0 Å². The third-order valence-electron chi connectivity index (χ3n) is 3.29. The van der Waals surface area contributed by atoms with Gasteiger partial charge in [-0.25, -0.2) is 13.6 Å². The lowest BCUT2D eigenvalue weighted by atomic mass is 10.0. The third-order valence-corrected chi connectivity index (χ3v) is 4.31. The Bertz CT molecular complexity index is 587. The van der Waals surface area contributed by atoms with Crippen LogP contribution >= 0.6 is 0 Å². The first-order valence-electron chi connectivity index (χ1n) is 6.37. The zero-order valence-corrected chi connectivity index (χ0v) is 12.0. The standard InChI is InChI=1S/C12H18N2O5S/c1-8-11(20(13,16)17)6-10(19-8)12(15)14-7-9-2-4-18-5-3-9/h6,9H,2-5,7H2,1H3,(H,14,15)(H2,13,16,17). The highest BCUT2D eigenvalue weighted by molar-refractivity contribution is 7.89. The van der Waals surface area contributed by atoms with Crippen molar-refractivity contribution in [3.63, 3.8) is 0 Å². The number of carbonyl (C=O) groups excluding carboxylic acids is 1. The highest BCUT2D eigenvalue weighted by Crippen LogP contribution is 2.19. The normalized spacial score (nSPS) is 17.1. The summed E-state index contributed by atoms with van der Waals surface area (Å²) in [7, 11) is -3.87. The van der Waals surface area contributed by atoms with Crippen LogP contribution in [-0.4, -0.2) is 34.1 Å². The van der Waals surface area contributed by atoms with Crippen molar-refractivity contribution in [2.24, 2.45) is 11.1 Å². The average Bonchev–Trinajstić information content (AvgIpc) is 2.79. The summed E-state index contributed by atoms with van der Waals surface area (Å²) in [6, 6.07) is 1.16. The van der Waals surface area contributed by atoms with E-state index in [9.17, 15) is 13.2 Å². The van der Waals surface area contributed by atoms with E-state index in [-0.39, 0.29) is 16.4 Å². The summed E-state index contributed by atoms with van der Waals surface area (Å²) in [6.07, 6.45) is 1.81. The van der Waals surface area contributed by atoms with Gasteiger partial charge in [0.25, 0.3) is 5.91 Å². The molecule has 0 bridgehead atoms. The second-order valence-corrected chi connectivity index (χ2v) is 6.37. The van der Waals surface area contributed by atoms with Gasteiger partial charge in [-0.2, -0.15) is 0 Å². The summed E-state index contributed by atoms with van der Waals surface area (Å²) in [6.45, 7) is 3.38. The molecule has 0 radical (unpaired) electrons. The van der Waals surface area contributed by atoms with Crippen LogP contribution < -0.4 is 10.5 Å².